The van der Waals surface area contributed by atoms with Crippen molar-refractivity contribution in [1.82, 2.24) is 4.90 Å². The minimum Gasteiger partial charge on any atom is -0.480 e. The van der Waals surface area contributed by atoms with Crippen LogP contribution in [0.4, 0.5) is 0 Å². The third-order valence-corrected chi connectivity index (χ3v) is 4.71. The van der Waals surface area contributed by atoms with Crippen molar-refractivity contribution in [3.63, 3.8) is 0 Å². The Morgan fingerprint density at radius 3 is 2.33 bits per heavy atom. The molecular formula is C14H17NO5S. The molecule has 1 fully saturated rings. The standard InChI is InChI=1S/C14H17NO5S/c1-21(19,20)11-7-5-10(6-8-11)13(16)15-9-3-2-4-12(15)14(17)18/h5-8,12H,2-4,9H2,1H3,(H,17,18)/t12-/m1/s1. The van der Waals surface area contributed by atoms with E-state index in [9.17, 15) is 23.1 Å². The number of amides is 1. The number of carbonyl (C=O) groups is 2. The number of nitrogens with zero attached hydrogens (tertiary/aromatic N) is 1. The molecule has 1 atom stereocenters. The van der Waals surface area contributed by atoms with E-state index in [2.05, 4.69) is 0 Å². The molecule has 114 valence electrons. The minimum atomic E-state index is -3.31. The quantitative estimate of drug-likeness (QED) is 0.904. The first-order valence-corrected chi connectivity index (χ1v) is 8.54. The molecule has 0 saturated carbocycles. The van der Waals surface area contributed by atoms with Gasteiger partial charge in [-0.3, -0.25) is 4.79 Å². The average Bonchev–Trinajstić information content (AvgIpc) is 2.45. The molecule has 0 unspecified atom stereocenters. The van der Waals surface area contributed by atoms with Crippen LogP contribution in [-0.4, -0.2) is 49.1 Å². The van der Waals surface area contributed by atoms with Gasteiger partial charge in [-0.15, -0.1) is 0 Å². The van der Waals surface area contributed by atoms with Crippen molar-refractivity contribution in [3.05, 3.63) is 29.8 Å². The fourth-order valence-corrected chi connectivity index (χ4v) is 3.07. The summed E-state index contributed by atoms with van der Waals surface area (Å²) in [5.74, 6) is -1.38. The Morgan fingerprint density at radius 1 is 1.19 bits per heavy atom. The number of sulfone groups is 1. The summed E-state index contributed by atoms with van der Waals surface area (Å²) in [5, 5.41) is 9.18. The van der Waals surface area contributed by atoms with Gasteiger partial charge < -0.3 is 10.0 Å². The maximum absolute atomic E-state index is 12.4. The third kappa shape index (κ3) is 3.41. The lowest BCUT2D eigenvalue weighted by molar-refractivity contribution is -0.143. The molecule has 0 spiro atoms. The summed E-state index contributed by atoms with van der Waals surface area (Å²) in [6.45, 7) is 0.406. The van der Waals surface area contributed by atoms with Crippen molar-refractivity contribution >= 4 is 21.7 Å². The number of rotatable bonds is 3. The van der Waals surface area contributed by atoms with E-state index in [-0.39, 0.29) is 10.8 Å². The molecule has 2 rings (SSSR count). The number of hydrogen-bond acceptors (Lipinski definition) is 4. The van der Waals surface area contributed by atoms with Gasteiger partial charge in [0.25, 0.3) is 5.91 Å². The van der Waals surface area contributed by atoms with Crippen molar-refractivity contribution in [2.75, 3.05) is 12.8 Å². The Balaban J connectivity index is 2.24. The van der Waals surface area contributed by atoms with Gasteiger partial charge in [-0.1, -0.05) is 0 Å². The highest BCUT2D eigenvalue weighted by Crippen LogP contribution is 2.20. The van der Waals surface area contributed by atoms with Crippen LogP contribution >= 0.6 is 0 Å². The first-order chi connectivity index (χ1) is 9.80. The molecule has 0 aliphatic carbocycles. The molecule has 1 amide bonds. The number of piperidine rings is 1. The second-order valence-electron chi connectivity index (χ2n) is 5.14. The molecule has 1 aromatic rings. The molecule has 0 aromatic heterocycles. The van der Waals surface area contributed by atoms with Crippen molar-refractivity contribution < 1.29 is 23.1 Å². The largest absolute Gasteiger partial charge is 0.480 e. The SMILES string of the molecule is CS(=O)(=O)c1ccc(C(=O)N2CCCC[C@@H]2C(=O)O)cc1. The van der Waals surface area contributed by atoms with E-state index in [0.29, 0.717) is 18.5 Å². The van der Waals surface area contributed by atoms with E-state index in [4.69, 9.17) is 0 Å². The lowest BCUT2D eigenvalue weighted by atomic mass is 10.0. The Hall–Kier alpha value is -1.89. The highest BCUT2D eigenvalue weighted by molar-refractivity contribution is 7.90. The average molecular weight is 311 g/mol. The minimum absolute atomic E-state index is 0.132. The van der Waals surface area contributed by atoms with Gasteiger partial charge in [0.15, 0.2) is 9.84 Å². The molecule has 1 saturated heterocycles. The summed E-state index contributed by atoms with van der Waals surface area (Å²) in [6, 6.07) is 4.77. The van der Waals surface area contributed by atoms with Gasteiger partial charge in [0.05, 0.1) is 4.90 Å². The summed E-state index contributed by atoms with van der Waals surface area (Å²) >= 11 is 0. The molecule has 7 heteroatoms. The second-order valence-corrected chi connectivity index (χ2v) is 7.16. The van der Waals surface area contributed by atoms with Gasteiger partial charge in [0, 0.05) is 18.4 Å². The van der Waals surface area contributed by atoms with Crippen LogP contribution in [0.25, 0.3) is 0 Å². The zero-order valence-corrected chi connectivity index (χ0v) is 12.5. The van der Waals surface area contributed by atoms with Crippen LogP contribution in [0, 0.1) is 0 Å². The highest BCUT2D eigenvalue weighted by atomic mass is 32.2. The topological polar surface area (TPSA) is 91.8 Å². The van der Waals surface area contributed by atoms with Crippen LogP contribution in [0.15, 0.2) is 29.2 Å². The lowest BCUT2D eigenvalue weighted by Gasteiger charge is -2.33. The van der Waals surface area contributed by atoms with E-state index in [0.717, 1.165) is 19.1 Å². The number of likely N-dealkylation sites (tertiary alicyclic amines) is 1. The van der Waals surface area contributed by atoms with E-state index < -0.39 is 21.8 Å². The number of hydrogen-bond donors (Lipinski definition) is 1. The Kier molecular flexibility index (Phi) is 4.32. The Bertz CT molecular complexity index is 650. The molecule has 0 radical (unpaired) electrons. The van der Waals surface area contributed by atoms with Gasteiger partial charge >= 0.3 is 5.97 Å². The van der Waals surface area contributed by atoms with Crippen LogP contribution in [0.2, 0.25) is 0 Å². The number of carboxylic acids is 1. The van der Waals surface area contributed by atoms with Crippen molar-refractivity contribution in [2.24, 2.45) is 0 Å². The number of carboxylic acid groups (broad SMARTS) is 1. The molecule has 1 aliphatic rings. The van der Waals surface area contributed by atoms with E-state index in [1.165, 1.54) is 29.2 Å². The highest BCUT2D eigenvalue weighted by Gasteiger charge is 2.32. The molecular weight excluding hydrogens is 294 g/mol. The summed E-state index contributed by atoms with van der Waals surface area (Å²) in [4.78, 5) is 25.1. The Morgan fingerprint density at radius 2 is 1.81 bits per heavy atom. The lowest BCUT2D eigenvalue weighted by Crippen LogP contribution is -2.47. The van der Waals surface area contributed by atoms with Crippen molar-refractivity contribution in [2.45, 2.75) is 30.2 Å². The second kappa shape index (κ2) is 5.85. The number of aliphatic carboxylic acids is 1. The fraction of sp³-hybridized carbons (Fsp3) is 0.429. The fourth-order valence-electron chi connectivity index (χ4n) is 2.44. The molecule has 1 N–H and O–H groups in total. The van der Waals surface area contributed by atoms with Crippen molar-refractivity contribution in [1.29, 1.82) is 0 Å². The van der Waals surface area contributed by atoms with Gasteiger partial charge in [0.2, 0.25) is 0 Å². The van der Waals surface area contributed by atoms with Gasteiger partial charge in [0.1, 0.15) is 6.04 Å². The maximum atomic E-state index is 12.4. The third-order valence-electron chi connectivity index (χ3n) is 3.58. The Labute approximate surface area is 123 Å². The first-order valence-electron chi connectivity index (χ1n) is 6.64. The van der Waals surface area contributed by atoms with Crippen molar-refractivity contribution in [3.8, 4) is 0 Å². The van der Waals surface area contributed by atoms with Crippen LogP contribution < -0.4 is 0 Å². The van der Waals surface area contributed by atoms with E-state index >= 15 is 0 Å². The molecule has 21 heavy (non-hydrogen) atoms. The number of carbonyl (C=O) groups excluding carboxylic acids is 1. The molecule has 0 bridgehead atoms. The maximum Gasteiger partial charge on any atom is 0.326 e. The summed E-state index contributed by atoms with van der Waals surface area (Å²) in [5.41, 5.74) is 0.301. The first kappa shape index (κ1) is 15.5. The van der Waals surface area contributed by atoms with Gasteiger partial charge in [-0.25, -0.2) is 13.2 Å². The van der Waals surface area contributed by atoms with Crippen LogP contribution in [0.1, 0.15) is 29.6 Å². The van der Waals surface area contributed by atoms with Crippen LogP contribution in [0.3, 0.4) is 0 Å². The van der Waals surface area contributed by atoms with Crippen LogP contribution in [-0.2, 0) is 14.6 Å². The molecule has 1 aromatic carbocycles. The van der Waals surface area contributed by atoms with E-state index in [1.807, 2.05) is 0 Å². The summed E-state index contributed by atoms with van der Waals surface area (Å²) < 4.78 is 22.8. The summed E-state index contributed by atoms with van der Waals surface area (Å²) in [6.07, 6.45) is 3.10. The predicted octanol–water partition coefficient (Wildman–Crippen LogP) is 1.17. The number of benzene rings is 1. The summed E-state index contributed by atoms with van der Waals surface area (Å²) in [7, 11) is -3.31. The monoisotopic (exact) mass is 311 g/mol. The normalized spacial score (nSPS) is 19.3. The predicted molar refractivity (Wildman–Crippen MR) is 75.9 cm³/mol. The van der Waals surface area contributed by atoms with Gasteiger partial charge in [-0.05, 0) is 43.5 Å². The van der Waals surface area contributed by atoms with E-state index in [1.54, 1.807) is 0 Å². The smallest absolute Gasteiger partial charge is 0.326 e. The molecule has 6 nitrogen and oxygen atoms in total. The van der Waals surface area contributed by atoms with Crippen LogP contribution in [0.5, 0.6) is 0 Å². The zero-order chi connectivity index (χ0) is 15.6. The van der Waals surface area contributed by atoms with Gasteiger partial charge in [-0.2, -0.15) is 0 Å². The molecule has 1 heterocycles. The molecule has 1 aliphatic heterocycles. The zero-order valence-electron chi connectivity index (χ0n) is 11.7.